The summed E-state index contributed by atoms with van der Waals surface area (Å²) in [7, 11) is 0. The molecule has 98 valence electrons. The molecule has 0 atom stereocenters. The Hall–Kier alpha value is -1.82. The molecule has 3 aromatic rings. The first-order chi connectivity index (χ1) is 8.95. The van der Waals surface area contributed by atoms with Crippen LogP contribution >= 0.6 is 11.3 Å². The molecule has 0 bridgehead atoms. The smallest absolute Gasteiger partial charge is 0.207 e. The van der Waals surface area contributed by atoms with E-state index in [-0.39, 0.29) is 11.2 Å². The van der Waals surface area contributed by atoms with Crippen molar-refractivity contribution in [2.45, 2.75) is 26.2 Å². The van der Waals surface area contributed by atoms with Crippen LogP contribution in [0.25, 0.3) is 15.5 Å². The highest BCUT2D eigenvalue weighted by atomic mass is 32.1. The average Bonchev–Trinajstić information content (AvgIpc) is 2.87. The highest BCUT2D eigenvalue weighted by Crippen LogP contribution is 2.28. The Labute approximate surface area is 113 Å². The fourth-order valence-electron chi connectivity index (χ4n) is 1.79. The van der Waals surface area contributed by atoms with Gasteiger partial charge < -0.3 is 0 Å². The molecule has 2 heterocycles. The van der Waals surface area contributed by atoms with Crippen molar-refractivity contribution in [3.63, 3.8) is 0 Å². The lowest BCUT2D eigenvalue weighted by atomic mass is 9.96. The summed E-state index contributed by atoms with van der Waals surface area (Å²) >= 11 is 1.45. The number of nitrogens with zero attached hydrogens (tertiary/aromatic N) is 4. The summed E-state index contributed by atoms with van der Waals surface area (Å²) in [5.74, 6) is 0.578. The Bertz CT molecular complexity index is 721. The molecule has 0 fully saturated rings. The van der Waals surface area contributed by atoms with Crippen LogP contribution in [0.4, 0.5) is 4.39 Å². The summed E-state index contributed by atoms with van der Waals surface area (Å²) < 4.78 is 14.7. The van der Waals surface area contributed by atoms with Gasteiger partial charge in [-0.05, 0) is 24.3 Å². The van der Waals surface area contributed by atoms with E-state index in [0.29, 0.717) is 0 Å². The van der Waals surface area contributed by atoms with Crippen LogP contribution in [0.1, 0.15) is 26.6 Å². The molecule has 6 heteroatoms. The van der Waals surface area contributed by atoms with Gasteiger partial charge in [0.2, 0.25) is 4.96 Å². The highest BCUT2D eigenvalue weighted by Gasteiger charge is 2.23. The zero-order valence-electron chi connectivity index (χ0n) is 10.9. The number of hydrogen-bond donors (Lipinski definition) is 0. The van der Waals surface area contributed by atoms with E-state index in [1.165, 1.54) is 23.5 Å². The minimum Gasteiger partial charge on any atom is -0.207 e. The molecule has 0 amide bonds. The number of aromatic nitrogens is 4. The number of rotatable bonds is 1. The maximum absolute atomic E-state index is 12.9. The van der Waals surface area contributed by atoms with Crippen LogP contribution in [-0.4, -0.2) is 19.8 Å². The van der Waals surface area contributed by atoms with Gasteiger partial charge in [0, 0.05) is 11.0 Å². The molecular formula is C13H13FN4S. The quantitative estimate of drug-likeness (QED) is 0.685. The molecule has 0 aliphatic rings. The number of hydrogen-bond acceptors (Lipinski definition) is 4. The van der Waals surface area contributed by atoms with Crippen LogP contribution in [0.15, 0.2) is 24.3 Å². The predicted octanol–water partition coefficient (Wildman–Crippen LogP) is 3.29. The summed E-state index contributed by atoms with van der Waals surface area (Å²) in [5, 5.41) is 13.7. The fraction of sp³-hybridized carbons (Fsp3) is 0.308. The maximum Gasteiger partial charge on any atom is 0.235 e. The highest BCUT2D eigenvalue weighted by molar-refractivity contribution is 7.19. The van der Waals surface area contributed by atoms with Gasteiger partial charge in [-0.1, -0.05) is 32.1 Å². The van der Waals surface area contributed by atoms with Gasteiger partial charge in [0.15, 0.2) is 5.82 Å². The van der Waals surface area contributed by atoms with Crippen molar-refractivity contribution in [2.24, 2.45) is 0 Å². The van der Waals surface area contributed by atoms with Crippen LogP contribution < -0.4 is 0 Å². The van der Waals surface area contributed by atoms with Crippen molar-refractivity contribution in [1.82, 2.24) is 19.8 Å². The molecule has 1 aromatic carbocycles. The predicted molar refractivity (Wildman–Crippen MR) is 72.8 cm³/mol. The fourth-order valence-corrected chi connectivity index (χ4v) is 2.64. The molecule has 0 N–H and O–H groups in total. The lowest BCUT2D eigenvalue weighted by Gasteiger charge is -2.13. The third-order valence-electron chi connectivity index (χ3n) is 2.75. The minimum atomic E-state index is -0.248. The molecule has 19 heavy (non-hydrogen) atoms. The van der Waals surface area contributed by atoms with E-state index in [2.05, 4.69) is 36.1 Å². The topological polar surface area (TPSA) is 43.1 Å². The third-order valence-corrected chi connectivity index (χ3v) is 3.70. The lowest BCUT2D eigenvalue weighted by Crippen LogP contribution is -2.16. The molecule has 0 aliphatic carbocycles. The molecule has 4 nitrogen and oxygen atoms in total. The summed E-state index contributed by atoms with van der Waals surface area (Å²) in [6.45, 7) is 6.21. The molecule has 2 aromatic heterocycles. The van der Waals surface area contributed by atoms with Crippen LogP contribution in [0.5, 0.6) is 0 Å². The average molecular weight is 276 g/mol. The van der Waals surface area contributed by atoms with Gasteiger partial charge in [-0.25, -0.2) is 4.39 Å². The zero-order chi connectivity index (χ0) is 13.6. The Kier molecular flexibility index (Phi) is 2.63. The second-order valence-electron chi connectivity index (χ2n) is 5.38. The Morgan fingerprint density at radius 1 is 1.11 bits per heavy atom. The van der Waals surface area contributed by atoms with Crippen molar-refractivity contribution in [2.75, 3.05) is 0 Å². The first-order valence-corrected chi connectivity index (χ1v) is 6.75. The molecule has 0 radical (unpaired) electrons. The number of halogens is 1. The summed E-state index contributed by atoms with van der Waals surface area (Å²) in [6, 6.07) is 6.31. The molecule has 0 saturated heterocycles. The van der Waals surface area contributed by atoms with Crippen LogP contribution in [0.2, 0.25) is 0 Å². The van der Waals surface area contributed by atoms with E-state index < -0.39 is 0 Å². The van der Waals surface area contributed by atoms with Crippen LogP contribution in [-0.2, 0) is 5.41 Å². The van der Waals surface area contributed by atoms with E-state index in [1.54, 1.807) is 16.6 Å². The van der Waals surface area contributed by atoms with Gasteiger partial charge in [-0.2, -0.15) is 9.61 Å². The van der Waals surface area contributed by atoms with Crippen LogP contribution in [0, 0.1) is 5.82 Å². The number of benzene rings is 1. The second kappa shape index (κ2) is 4.09. The van der Waals surface area contributed by atoms with Crippen molar-refractivity contribution in [3.05, 3.63) is 35.9 Å². The van der Waals surface area contributed by atoms with Crippen LogP contribution in [0.3, 0.4) is 0 Å². The summed E-state index contributed by atoms with van der Waals surface area (Å²) in [6.07, 6.45) is 0. The maximum atomic E-state index is 12.9. The van der Waals surface area contributed by atoms with Crippen molar-refractivity contribution < 1.29 is 4.39 Å². The van der Waals surface area contributed by atoms with Gasteiger partial charge in [0.25, 0.3) is 0 Å². The lowest BCUT2D eigenvalue weighted by molar-refractivity contribution is 0.528. The van der Waals surface area contributed by atoms with E-state index in [4.69, 9.17) is 0 Å². The molecule has 0 aliphatic heterocycles. The second-order valence-corrected chi connectivity index (χ2v) is 6.34. The summed E-state index contributed by atoms with van der Waals surface area (Å²) in [4.78, 5) is 0.754. The standard InChI is InChI=1S/C13H13FN4S/c1-13(2,3)11-15-16-12-18(11)17-10(19-12)8-4-6-9(14)7-5-8/h4-7H,1-3H3. The van der Waals surface area contributed by atoms with Gasteiger partial charge in [-0.3, -0.25) is 0 Å². The largest absolute Gasteiger partial charge is 0.235 e. The third kappa shape index (κ3) is 2.12. The summed E-state index contributed by atoms with van der Waals surface area (Å²) in [5.41, 5.74) is 0.768. The van der Waals surface area contributed by atoms with E-state index >= 15 is 0 Å². The van der Waals surface area contributed by atoms with Crippen molar-refractivity contribution >= 4 is 16.3 Å². The van der Waals surface area contributed by atoms with Gasteiger partial charge in [0.1, 0.15) is 10.8 Å². The number of fused-ring (bicyclic) bond motifs is 1. The zero-order valence-corrected chi connectivity index (χ0v) is 11.7. The Morgan fingerprint density at radius 3 is 2.42 bits per heavy atom. The van der Waals surface area contributed by atoms with Gasteiger partial charge in [0.05, 0.1) is 0 Å². The Morgan fingerprint density at radius 2 is 1.79 bits per heavy atom. The molecule has 0 saturated carbocycles. The Balaban J connectivity index is 2.12. The molecular weight excluding hydrogens is 263 g/mol. The monoisotopic (exact) mass is 276 g/mol. The van der Waals surface area contributed by atoms with E-state index in [0.717, 1.165) is 21.4 Å². The first kappa shape index (κ1) is 12.2. The van der Waals surface area contributed by atoms with Crippen molar-refractivity contribution in [3.8, 4) is 10.6 Å². The molecule has 0 spiro atoms. The first-order valence-electron chi connectivity index (χ1n) is 5.94. The molecule has 3 rings (SSSR count). The van der Waals surface area contributed by atoms with E-state index in [1.807, 2.05) is 0 Å². The van der Waals surface area contributed by atoms with E-state index in [9.17, 15) is 4.39 Å². The SMILES string of the molecule is CC(C)(C)c1nnc2sc(-c3ccc(F)cc3)nn12. The minimum absolute atomic E-state index is 0.118. The normalized spacial score (nSPS) is 12.2. The van der Waals surface area contributed by atoms with Gasteiger partial charge in [-0.15, -0.1) is 10.2 Å². The molecule has 0 unspecified atom stereocenters. The van der Waals surface area contributed by atoms with Gasteiger partial charge >= 0.3 is 0 Å². The van der Waals surface area contributed by atoms with Crippen molar-refractivity contribution in [1.29, 1.82) is 0 Å².